The Morgan fingerprint density at radius 1 is 1.30 bits per heavy atom. The van der Waals surface area contributed by atoms with Gasteiger partial charge in [0.15, 0.2) is 0 Å². The van der Waals surface area contributed by atoms with Gasteiger partial charge in [-0.25, -0.2) is 0 Å². The predicted molar refractivity (Wildman–Crippen MR) is 42.3 cm³/mol. The molecule has 0 aliphatic rings. The molecule has 0 radical (unpaired) electrons. The third-order valence-corrected chi connectivity index (χ3v) is 1.61. The van der Waals surface area contributed by atoms with Crippen molar-refractivity contribution < 1.29 is 0 Å². The summed E-state index contributed by atoms with van der Waals surface area (Å²) in [6.07, 6.45) is 3.61. The summed E-state index contributed by atoms with van der Waals surface area (Å²) in [5, 5.41) is 8.67. The van der Waals surface area contributed by atoms with E-state index in [1.165, 1.54) is 0 Å². The van der Waals surface area contributed by atoms with E-state index in [0.29, 0.717) is 0 Å². The fourth-order valence-electron chi connectivity index (χ4n) is 1.13. The molecule has 0 heterocycles. The molecule has 2 heteroatoms. The van der Waals surface area contributed by atoms with E-state index in [-0.39, 0.29) is 0 Å². The maximum absolute atomic E-state index is 8.67. The van der Waals surface area contributed by atoms with Gasteiger partial charge in [-0.2, -0.15) is 5.26 Å². The molecule has 0 atom stereocenters. The predicted octanol–water partition coefficient (Wildman–Crippen LogP) is 1.81. The molecule has 0 bridgehead atoms. The van der Waals surface area contributed by atoms with E-state index in [1.807, 2.05) is 0 Å². The fraction of sp³-hybridized carbons (Fsp3) is 0.875. The summed E-state index contributed by atoms with van der Waals surface area (Å²) in [6.45, 7) is 4.10. The summed E-state index contributed by atoms with van der Waals surface area (Å²) >= 11 is 0. The lowest BCUT2D eigenvalue weighted by Crippen LogP contribution is -2.37. The van der Waals surface area contributed by atoms with Crippen LogP contribution in [-0.2, 0) is 0 Å². The highest BCUT2D eigenvalue weighted by molar-refractivity contribution is 5.03. The van der Waals surface area contributed by atoms with Gasteiger partial charge >= 0.3 is 0 Å². The second-order valence-corrected chi connectivity index (χ2v) is 2.77. The number of nitriles is 1. The zero-order valence-corrected chi connectivity index (χ0v) is 6.85. The van der Waals surface area contributed by atoms with Gasteiger partial charge in [0.1, 0.15) is 5.54 Å². The van der Waals surface area contributed by atoms with E-state index in [4.69, 9.17) is 11.0 Å². The first-order valence-corrected chi connectivity index (χ1v) is 3.88. The zero-order valence-electron chi connectivity index (χ0n) is 6.85. The number of hydrogen-bond donors (Lipinski definition) is 1. The standard InChI is InChI=1S/C8H16N2/c1-3-5-8(10,7-9)6-4-2/h3-6,10H2,1-2H3. The number of nitrogens with two attached hydrogens (primary N) is 1. The highest BCUT2D eigenvalue weighted by Gasteiger charge is 2.21. The Hall–Kier alpha value is -0.550. The van der Waals surface area contributed by atoms with Crippen LogP contribution in [0.5, 0.6) is 0 Å². The Morgan fingerprint density at radius 2 is 1.70 bits per heavy atom. The Labute approximate surface area is 63.0 Å². The molecule has 2 N–H and O–H groups in total. The van der Waals surface area contributed by atoms with E-state index < -0.39 is 5.54 Å². The van der Waals surface area contributed by atoms with Crippen LogP contribution in [0.3, 0.4) is 0 Å². The Kier molecular flexibility index (Phi) is 4.06. The van der Waals surface area contributed by atoms with Gasteiger partial charge in [-0.1, -0.05) is 26.7 Å². The van der Waals surface area contributed by atoms with Crippen LogP contribution in [-0.4, -0.2) is 5.54 Å². The minimum Gasteiger partial charge on any atom is -0.313 e. The first kappa shape index (κ1) is 9.45. The third kappa shape index (κ3) is 2.84. The molecule has 0 fully saturated rings. The van der Waals surface area contributed by atoms with Crippen molar-refractivity contribution in [3.05, 3.63) is 0 Å². The Bertz CT molecular complexity index is 118. The van der Waals surface area contributed by atoms with Gasteiger partial charge in [-0.05, 0) is 12.8 Å². The summed E-state index contributed by atoms with van der Waals surface area (Å²) in [7, 11) is 0. The summed E-state index contributed by atoms with van der Waals surface area (Å²) in [4.78, 5) is 0. The van der Waals surface area contributed by atoms with Gasteiger partial charge in [-0.15, -0.1) is 0 Å². The fourth-order valence-corrected chi connectivity index (χ4v) is 1.13. The first-order valence-electron chi connectivity index (χ1n) is 3.88. The molecular weight excluding hydrogens is 124 g/mol. The van der Waals surface area contributed by atoms with Crippen LogP contribution in [0, 0.1) is 11.3 Å². The molecule has 0 aliphatic carbocycles. The quantitative estimate of drug-likeness (QED) is 0.647. The summed E-state index contributed by atoms with van der Waals surface area (Å²) < 4.78 is 0. The molecule has 0 saturated heterocycles. The van der Waals surface area contributed by atoms with E-state index in [0.717, 1.165) is 25.7 Å². The van der Waals surface area contributed by atoms with Gasteiger partial charge in [0, 0.05) is 0 Å². The lowest BCUT2D eigenvalue weighted by molar-refractivity contribution is 0.451. The zero-order chi connectivity index (χ0) is 8.04. The summed E-state index contributed by atoms with van der Waals surface area (Å²) in [5.41, 5.74) is 5.21. The lowest BCUT2D eigenvalue weighted by Gasteiger charge is -2.18. The van der Waals surface area contributed by atoms with Gasteiger partial charge in [0.25, 0.3) is 0 Å². The normalized spacial score (nSPS) is 11.0. The van der Waals surface area contributed by atoms with Crippen molar-refractivity contribution >= 4 is 0 Å². The average molecular weight is 140 g/mol. The number of hydrogen-bond acceptors (Lipinski definition) is 2. The molecule has 0 amide bonds. The van der Waals surface area contributed by atoms with Crippen molar-refractivity contribution in [2.24, 2.45) is 5.73 Å². The Balaban J connectivity index is 3.85. The highest BCUT2D eigenvalue weighted by Crippen LogP contribution is 2.14. The monoisotopic (exact) mass is 140 g/mol. The Morgan fingerprint density at radius 3 is 1.90 bits per heavy atom. The molecule has 0 aromatic rings. The maximum atomic E-state index is 8.67. The molecule has 0 aromatic carbocycles. The van der Waals surface area contributed by atoms with Gasteiger partial charge in [0.2, 0.25) is 0 Å². The van der Waals surface area contributed by atoms with Crippen LogP contribution in [0.4, 0.5) is 0 Å². The first-order chi connectivity index (χ1) is 4.68. The summed E-state index contributed by atoms with van der Waals surface area (Å²) in [6, 6.07) is 2.16. The molecule has 2 nitrogen and oxygen atoms in total. The van der Waals surface area contributed by atoms with Crippen molar-refractivity contribution in [2.75, 3.05) is 0 Å². The SMILES string of the molecule is CCCC(N)(C#N)CCC. The lowest BCUT2D eigenvalue weighted by atomic mass is 9.92. The molecule has 0 aromatic heterocycles. The van der Waals surface area contributed by atoms with E-state index in [9.17, 15) is 0 Å². The van der Waals surface area contributed by atoms with E-state index in [1.54, 1.807) is 0 Å². The number of rotatable bonds is 4. The molecule has 58 valence electrons. The molecule has 0 rings (SSSR count). The van der Waals surface area contributed by atoms with Crippen molar-refractivity contribution in [3.8, 4) is 6.07 Å². The van der Waals surface area contributed by atoms with Crippen molar-refractivity contribution in [2.45, 2.75) is 45.1 Å². The molecule has 10 heavy (non-hydrogen) atoms. The maximum Gasteiger partial charge on any atom is 0.104 e. The second-order valence-electron chi connectivity index (χ2n) is 2.77. The minimum absolute atomic E-state index is 0.552. The molecule has 0 aliphatic heterocycles. The number of nitrogens with zero attached hydrogens (tertiary/aromatic N) is 1. The average Bonchev–Trinajstić information content (AvgIpc) is 1.89. The van der Waals surface area contributed by atoms with Crippen LogP contribution in [0.15, 0.2) is 0 Å². The van der Waals surface area contributed by atoms with Crippen LogP contribution in [0.1, 0.15) is 39.5 Å². The minimum atomic E-state index is -0.552. The van der Waals surface area contributed by atoms with Crippen LogP contribution >= 0.6 is 0 Å². The van der Waals surface area contributed by atoms with Crippen LogP contribution in [0.25, 0.3) is 0 Å². The van der Waals surface area contributed by atoms with Gasteiger partial charge in [-0.3, -0.25) is 0 Å². The largest absolute Gasteiger partial charge is 0.313 e. The third-order valence-electron chi connectivity index (χ3n) is 1.61. The molecule has 0 unspecified atom stereocenters. The smallest absolute Gasteiger partial charge is 0.104 e. The summed E-state index contributed by atoms with van der Waals surface area (Å²) in [5.74, 6) is 0. The second kappa shape index (κ2) is 4.29. The molecule has 0 spiro atoms. The van der Waals surface area contributed by atoms with Crippen molar-refractivity contribution in [1.29, 1.82) is 5.26 Å². The van der Waals surface area contributed by atoms with Crippen molar-refractivity contribution in [3.63, 3.8) is 0 Å². The van der Waals surface area contributed by atoms with Gasteiger partial charge in [0.05, 0.1) is 6.07 Å². The molecular formula is C8H16N2. The highest BCUT2D eigenvalue weighted by atomic mass is 14.7. The van der Waals surface area contributed by atoms with E-state index >= 15 is 0 Å². The molecule has 0 saturated carbocycles. The topological polar surface area (TPSA) is 49.8 Å². The van der Waals surface area contributed by atoms with Crippen LogP contribution < -0.4 is 5.73 Å². The van der Waals surface area contributed by atoms with E-state index in [2.05, 4.69) is 19.9 Å². The van der Waals surface area contributed by atoms with Crippen LogP contribution in [0.2, 0.25) is 0 Å². The van der Waals surface area contributed by atoms with Gasteiger partial charge < -0.3 is 5.73 Å². The van der Waals surface area contributed by atoms with Crippen molar-refractivity contribution in [1.82, 2.24) is 0 Å².